The van der Waals surface area contributed by atoms with E-state index in [4.69, 9.17) is 0 Å². The van der Waals surface area contributed by atoms with E-state index in [9.17, 15) is 9.59 Å². The Morgan fingerprint density at radius 3 is 2.74 bits per heavy atom. The van der Waals surface area contributed by atoms with E-state index in [0.29, 0.717) is 11.7 Å². The van der Waals surface area contributed by atoms with Gasteiger partial charge < -0.3 is 5.32 Å². The van der Waals surface area contributed by atoms with Crippen LogP contribution in [0.4, 0.5) is 5.82 Å². The van der Waals surface area contributed by atoms with Crippen LogP contribution in [0.2, 0.25) is 0 Å². The van der Waals surface area contributed by atoms with Crippen LogP contribution >= 0.6 is 0 Å². The van der Waals surface area contributed by atoms with Crippen molar-refractivity contribution >= 4 is 11.7 Å². The Morgan fingerprint density at radius 1 is 1.42 bits per heavy atom. The number of hydrogen-bond donors (Lipinski definition) is 2. The molecule has 2 N–H and O–H groups in total. The van der Waals surface area contributed by atoms with Gasteiger partial charge in [-0.1, -0.05) is 13.8 Å². The maximum Gasteiger partial charge on any atom is 0.277 e. The highest BCUT2D eigenvalue weighted by atomic mass is 16.2. The van der Waals surface area contributed by atoms with Gasteiger partial charge >= 0.3 is 0 Å². The number of aryl methyl sites for hydroxylation is 1. The van der Waals surface area contributed by atoms with E-state index in [-0.39, 0.29) is 11.3 Å². The lowest BCUT2D eigenvalue weighted by Gasteiger charge is -2.02. The van der Waals surface area contributed by atoms with Crippen molar-refractivity contribution < 1.29 is 4.79 Å². The first-order valence-corrected chi connectivity index (χ1v) is 5.88. The first kappa shape index (κ1) is 13.0. The third kappa shape index (κ3) is 2.87. The Labute approximate surface area is 109 Å². The van der Waals surface area contributed by atoms with Crippen molar-refractivity contribution in [1.29, 1.82) is 0 Å². The van der Waals surface area contributed by atoms with Gasteiger partial charge in [-0.3, -0.25) is 14.7 Å². The highest BCUT2D eigenvalue weighted by molar-refractivity contribution is 6.02. The summed E-state index contributed by atoms with van der Waals surface area (Å²) in [4.78, 5) is 23.1. The predicted molar refractivity (Wildman–Crippen MR) is 70.1 cm³/mol. The lowest BCUT2D eigenvalue weighted by Crippen LogP contribution is -2.23. The van der Waals surface area contributed by atoms with Gasteiger partial charge in [0.2, 0.25) is 0 Å². The van der Waals surface area contributed by atoms with Gasteiger partial charge in [0.1, 0.15) is 5.69 Å². The number of rotatable bonds is 3. The molecule has 0 aliphatic heterocycles. The molecule has 7 nitrogen and oxygen atoms in total. The van der Waals surface area contributed by atoms with E-state index >= 15 is 0 Å². The van der Waals surface area contributed by atoms with Crippen molar-refractivity contribution in [3.8, 4) is 0 Å². The van der Waals surface area contributed by atoms with Gasteiger partial charge in [-0.15, -0.1) is 0 Å². The monoisotopic (exact) mass is 261 g/mol. The highest BCUT2D eigenvalue weighted by Crippen LogP contribution is 2.14. The fraction of sp³-hybridized carbons (Fsp3) is 0.333. The molecule has 0 fully saturated rings. The lowest BCUT2D eigenvalue weighted by atomic mass is 10.1. The summed E-state index contributed by atoms with van der Waals surface area (Å²) in [5.41, 5.74) is 0.832. The number of carbonyl (C=O) groups is 1. The summed E-state index contributed by atoms with van der Waals surface area (Å²) in [6, 6.07) is 4.45. The van der Waals surface area contributed by atoms with Gasteiger partial charge in [0.15, 0.2) is 5.82 Å². The molecule has 0 spiro atoms. The van der Waals surface area contributed by atoms with Gasteiger partial charge in [0.25, 0.3) is 11.5 Å². The normalized spacial score (nSPS) is 10.7. The smallest absolute Gasteiger partial charge is 0.277 e. The van der Waals surface area contributed by atoms with Crippen molar-refractivity contribution in [1.82, 2.24) is 20.0 Å². The Bertz CT molecular complexity index is 656. The van der Waals surface area contributed by atoms with Crippen LogP contribution in [-0.2, 0) is 7.05 Å². The number of aromatic nitrogens is 4. The summed E-state index contributed by atoms with van der Waals surface area (Å²) >= 11 is 0. The number of nitrogens with zero attached hydrogens (tertiary/aromatic N) is 3. The fourth-order valence-electron chi connectivity index (χ4n) is 1.50. The van der Waals surface area contributed by atoms with Gasteiger partial charge in [0, 0.05) is 24.9 Å². The molecule has 0 bridgehead atoms. The van der Waals surface area contributed by atoms with Crippen molar-refractivity contribution in [3.63, 3.8) is 0 Å². The average Bonchev–Trinajstić information content (AvgIpc) is 2.81. The Hall–Kier alpha value is -2.44. The van der Waals surface area contributed by atoms with E-state index in [2.05, 4.69) is 20.6 Å². The SMILES string of the molecule is CC(C)c1cc(NC(=O)c2ccc(=O)n(C)n2)n[nH]1. The second-order valence-corrected chi connectivity index (χ2v) is 4.50. The fourth-order valence-corrected chi connectivity index (χ4v) is 1.50. The molecule has 2 rings (SSSR count). The molecule has 0 unspecified atom stereocenters. The van der Waals surface area contributed by atoms with Crippen LogP contribution in [0.3, 0.4) is 0 Å². The molecular weight excluding hydrogens is 246 g/mol. The van der Waals surface area contributed by atoms with E-state index in [1.54, 1.807) is 6.07 Å². The number of amides is 1. The minimum atomic E-state index is -0.405. The number of H-pyrrole nitrogens is 1. The Morgan fingerprint density at radius 2 is 2.16 bits per heavy atom. The molecule has 19 heavy (non-hydrogen) atoms. The van der Waals surface area contributed by atoms with Crippen molar-refractivity contribution in [2.45, 2.75) is 19.8 Å². The molecule has 2 aromatic rings. The molecule has 7 heteroatoms. The average molecular weight is 261 g/mol. The summed E-state index contributed by atoms with van der Waals surface area (Å²) in [5.74, 6) is 0.329. The number of hydrogen-bond acceptors (Lipinski definition) is 4. The molecule has 2 heterocycles. The first-order chi connectivity index (χ1) is 8.97. The maximum atomic E-state index is 11.9. The summed E-state index contributed by atoms with van der Waals surface area (Å²) in [5, 5.41) is 13.3. The Kier molecular flexibility index (Phi) is 3.46. The third-order valence-corrected chi connectivity index (χ3v) is 2.65. The quantitative estimate of drug-likeness (QED) is 0.857. The summed E-state index contributed by atoms with van der Waals surface area (Å²) in [7, 11) is 1.49. The molecule has 0 saturated carbocycles. The van der Waals surface area contributed by atoms with Gasteiger partial charge in [-0.05, 0) is 12.0 Å². The van der Waals surface area contributed by atoms with Crippen LogP contribution in [0.5, 0.6) is 0 Å². The molecular formula is C12H15N5O2. The molecule has 0 radical (unpaired) electrons. The topological polar surface area (TPSA) is 92.7 Å². The van der Waals surface area contributed by atoms with E-state index in [0.717, 1.165) is 10.4 Å². The lowest BCUT2D eigenvalue weighted by molar-refractivity contribution is 0.101. The molecule has 0 aliphatic carbocycles. The predicted octanol–water partition coefficient (Wildman–Crippen LogP) is 0.879. The van der Waals surface area contributed by atoms with Crippen molar-refractivity contribution in [2.75, 3.05) is 5.32 Å². The molecule has 1 amide bonds. The zero-order valence-corrected chi connectivity index (χ0v) is 11.0. The Balaban J connectivity index is 2.15. The van der Waals surface area contributed by atoms with E-state index in [1.165, 1.54) is 19.2 Å². The number of nitrogens with one attached hydrogen (secondary N) is 2. The van der Waals surface area contributed by atoms with Crippen LogP contribution in [0.1, 0.15) is 35.9 Å². The standard InChI is InChI=1S/C12H15N5O2/c1-7(2)9-6-10(15-14-9)13-12(19)8-4-5-11(18)17(3)16-8/h4-7H,1-3H3,(H2,13,14,15,19). The molecule has 2 aromatic heterocycles. The van der Waals surface area contributed by atoms with E-state index in [1.807, 2.05) is 13.8 Å². The van der Waals surface area contributed by atoms with Crippen LogP contribution in [0, 0.1) is 0 Å². The van der Waals surface area contributed by atoms with Crippen LogP contribution in [0.15, 0.2) is 23.0 Å². The molecule has 0 aliphatic rings. The summed E-state index contributed by atoms with van der Waals surface area (Å²) in [6.07, 6.45) is 0. The van der Waals surface area contributed by atoms with Gasteiger partial charge in [-0.25, -0.2) is 4.68 Å². The van der Waals surface area contributed by atoms with Gasteiger partial charge in [-0.2, -0.15) is 10.2 Å². The van der Waals surface area contributed by atoms with Crippen LogP contribution < -0.4 is 10.9 Å². The summed E-state index contributed by atoms with van der Waals surface area (Å²) < 4.78 is 1.11. The maximum absolute atomic E-state index is 11.9. The number of carbonyl (C=O) groups excluding carboxylic acids is 1. The minimum absolute atomic E-state index is 0.163. The largest absolute Gasteiger partial charge is 0.304 e. The highest BCUT2D eigenvalue weighted by Gasteiger charge is 2.11. The third-order valence-electron chi connectivity index (χ3n) is 2.65. The van der Waals surface area contributed by atoms with E-state index < -0.39 is 5.91 Å². The van der Waals surface area contributed by atoms with Crippen LogP contribution in [0.25, 0.3) is 0 Å². The summed E-state index contributed by atoms with van der Waals surface area (Å²) in [6.45, 7) is 4.04. The molecule has 100 valence electrons. The minimum Gasteiger partial charge on any atom is -0.304 e. The number of aromatic amines is 1. The second kappa shape index (κ2) is 5.05. The zero-order valence-electron chi connectivity index (χ0n) is 11.0. The van der Waals surface area contributed by atoms with Crippen LogP contribution in [-0.4, -0.2) is 25.9 Å². The molecule has 0 atom stereocenters. The zero-order chi connectivity index (χ0) is 14.0. The number of anilines is 1. The van der Waals surface area contributed by atoms with Crippen molar-refractivity contribution in [3.05, 3.63) is 39.9 Å². The van der Waals surface area contributed by atoms with Gasteiger partial charge in [0.05, 0.1) is 0 Å². The second-order valence-electron chi connectivity index (χ2n) is 4.50. The molecule has 0 aromatic carbocycles. The first-order valence-electron chi connectivity index (χ1n) is 5.88. The van der Waals surface area contributed by atoms with Crippen molar-refractivity contribution in [2.24, 2.45) is 7.05 Å². The molecule has 0 saturated heterocycles.